The molecule has 1 N–H and O–H groups in total. The number of carbonyl (C=O) groups is 1. The van der Waals surface area contributed by atoms with Gasteiger partial charge >= 0.3 is 5.69 Å². The van der Waals surface area contributed by atoms with Crippen molar-refractivity contribution in [2.45, 2.75) is 53.6 Å². The molecule has 5 rings (SSSR count). The van der Waals surface area contributed by atoms with Gasteiger partial charge in [-0.15, -0.1) is 0 Å². The maximum absolute atomic E-state index is 14.1. The molecular weight excluding hydrogens is 524 g/mol. The second-order valence-corrected chi connectivity index (χ2v) is 10.00. The summed E-state index contributed by atoms with van der Waals surface area (Å²) in [5.74, 6) is 1.58. The zero-order valence-electron chi connectivity index (χ0n) is 24.0. The first-order valence-corrected chi connectivity index (χ1v) is 13.6. The molecule has 0 amide bonds. The Hall–Kier alpha value is -4.67. The van der Waals surface area contributed by atoms with Crippen LogP contribution in [0, 0.1) is 20.8 Å². The number of ketones is 1. The van der Waals surface area contributed by atoms with Gasteiger partial charge in [-0.25, -0.2) is 9.79 Å². The van der Waals surface area contributed by atoms with Crippen LogP contribution in [-0.2, 0) is 13.1 Å². The van der Waals surface area contributed by atoms with E-state index < -0.39 is 0 Å². The Balaban J connectivity index is 1.67. The van der Waals surface area contributed by atoms with Crippen molar-refractivity contribution in [3.63, 3.8) is 0 Å². The molecule has 0 fully saturated rings. The Morgan fingerprint density at radius 1 is 1.12 bits per heavy atom. The van der Waals surface area contributed by atoms with Crippen LogP contribution >= 0.6 is 0 Å². The number of hydrogen-bond donors (Lipinski definition) is 1. The summed E-state index contributed by atoms with van der Waals surface area (Å²) in [6.45, 7) is 9.39. The van der Waals surface area contributed by atoms with Gasteiger partial charge in [-0.1, -0.05) is 17.7 Å². The van der Waals surface area contributed by atoms with Crippen LogP contribution in [0.15, 0.2) is 46.3 Å². The molecule has 0 atom stereocenters. The quantitative estimate of drug-likeness (QED) is 0.307. The van der Waals surface area contributed by atoms with E-state index in [1.807, 2.05) is 39.8 Å². The highest BCUT2D eigenvalue weighted by molar-refractivity contribution is 5.93. The van der Waals surface area contributed by atoms with E-state index in [1.165, 1.54) is 6.20 Å². The van der Waals surface area contributed by atoms with Gasteiger partial charge < -0.3 is 14.2 Å². The molecule has 0 unspecified atom stereocenters. The highest BCUT2D eigenvalue weighted by Gasteiger charge is 2.22. The van der Waals surface area contributed by atoms with Gasteiger partial charge in [0.05, 0.1) is 37.8 Å². The SMILES string of the molecule is CCOc1cc2c(cc1OC)-c1cc(=Nc3c(C)cc(C)cc3C)n(CCCC(=O)c3cn[nH]n3)c(=O)n1CCO2. The smallest absolute Gasteiger partial charge is 0.330 e. The van der Waals surface area contributed by atoms with E-state index in [0.717, 1.165) is 22.4 Å². The average Bonchev–Trinajstić information content (AvgIpc) is 3.42. The first-order valence-electron chi connectivity index (χ1n) is 13.6. The zero-order valence-corrected chi connectivity index (χ0v) is 24.0. The lowest BCUT2D eigenvalue weighted by Crippen LogP contribution is -2.41. The molecule has 0 bridgehead atoms. The molecule has 4 aromatic rings. The van der Waals surface area contributed by atoms with Crippen molar-refractivity contribution < 1.29 is 19.0 Å². The largest absolute Gasteiger partial charge is 0.493 e. The topological polar surface area (TPSA) is 126 Å². The second-order valence-electron chi connectivity index (χ2n) is 10.00. The zero-order chi connectivity index (χ0) is 29.1. The van der Waals surface area contributed by atoms with Crippen molar-refractivity contribution in [3.8, 4) is 28.5 Å². The van der Waals surface area contributed by atoms with Crippen molar-refractivity contribution in [1.29, 1.82) is 0 Å². The van der Waals surface area contributed by atoms with Crippen LogP contribution in [0.5, 0.6) is 17.2 Å². The standard InChI is InChI=1S/C30H34N6O5/c1-6-40-27-16-25-21(14-26(27)39-5)23-15-28(32-29-19(3)12-18(2)13-20(29)4)36(30(38)35(23)10-11-41-25)9-7-8-24(37)22-17-31-34-33-22/h12-17H,6-11H2,1-5H3,(H,31,33,34). The van der Waals surface area contributed by atoms with Gasteiger partial charge in [0.15, 0.2) is 17.3 Å². The number of nitrogens with one attached hydrogen (secondary N) is 1. The predicted molar refractivity (Wildman–Crippen MR) is 153 cm³/mol. The van der Waals surface area contributed by atoms with Gasteiger partial charge in [-0.2, -0.15) is 15.4 Å². The van der Waals surface area contributed by atoms with Crippen molar-refractivity contribution >= 4 is 11.5 Å². The summed E-state index contributed by atoms with van der Waals surface area (Å²) < 4.78 is 20.8. The number of Topliss-reactive ketones (excluding diaryl/α,β-unsaturated/α-hetero) is 1. The number of fused-ring (bicyclic) bond motifs is 3. The van der Waals surface area contributed by atoms with Crippen LogP contribution in [0.2, 0.25) is 0 Å². The molecule has 1 aliphatic heterocycles. The predicted octanol–water partition coefficient (Wildman–Crippen LogP) is 4.06. The van der Waals surface area contributed by atoms with Gasteiger partial charge in [0.2, 0.25) is 0 Å². The number of carbonyl (C=O) groups excluding carboxylic acids is 1. The summed E-state index contributed by atoms with van der Waals surface area (Å²) >= 11 is 0. The summed E-state index contributed by atoms with van der Waals surface area (Å²) in [7, 11) is 1.58. The van der Waals surface area contributed by atoms with E-state index in [-0.39, 0.29) is 23.6 Å². The van der Waals surface area contributed by atoms with Crippen molar-refractivity contribution in [3.05, 3.63) is 74.9 Å². The number of nitrogens with zero attached hydrogens (tertiary/aromatic N) is 5. The van der Waals surface area contributed by atoms with Crippen LogP contribution in [0.1, 0.15) is 46.9 Å². The van der Waals surface area contributed by atoms with E-state index in [2.05, 4.69) is 27.5 Å². The third kappa shape index (κ3) is 5.65. The number of aromatic amines is 1. The summed E-state index contributed by atoms with van der Waals surface area (Å²) in [6, 6.07) is 9.70. The Morgan fingerprint density at radius 2 is 1.90 bits per heavy atom. The Morgan fingerprint density at radius 3 is 2.59 bits per heavy atom. The lowest BCUT2D eigenvalue weighted by molar-refractivity contribution is 0.0973. The fraction of sp³-hybridized carbons (Fsp3) is 0.367. The Kier molecular flexibility index (Phi) is 8.04. The van der Waals surface area contributed by atoms with E-state index >= 15 is 0 Å². The molecule has 0 radical (unpaired) electrons. The van der Waals surface area contributed by atoms with Gasteiger partial charge in [0.25, 0.3) is 0 Å². The minimum atomic E-state index is -0.234. The van der Waals surface area contributed by atoms with Crippen LogP contribution < -0.4 is 25.4 Å². The number of hydrogen-bond acceptors (Lipinski definition) is 8. The van der Waals surface area contributed by atoms with Gasteiger partial charge in [0, 0.05) is 30.7 Å². The normalized spacial score (nSPS) is 12.8. The fourth-order valence-electron chi connectivity index (χ4n) is 5.23. The average molecular weight is 559 g/mol. The van der Waals surface area contributed by atoms with Gasteiger partial charge in [-0.3, -0.25) is 13.9 Å². The molecule has 0 saturated heterocycles. The number of ether oxygens (including phenoxy) is 3. The molecule has 2 aromatic carbocycles. The number of H-pyrrole nitrogens is 1. The highest BCUT2D eigenvalue weighted by Crippen LogP contribution is 2.41. The molecule has 11 nitrogen and oxygen atoms in total. The van der Waals surface area contributed by atoms with Crippen LogP contribution in [-0.4, -0.2) is 50.7 Å². The summed E-state index contributed by atoms with van der Waals surface area (Å²) in [6.07, 6.45) is 2.04. The Bertz CT molecular complexity index is 1700. The number of aromatic nitrogens is 5. The molecule has 214 valence electrons. The van der Waals surface area contributed by atoms with E-state index in [1.54, 1.807) is 22.3 Å². The fourth-order valence-corrected chi connectivity index (χ4v) is 5.23. The molecule has 41 heavy (non-hydrogen) atoms. The third-order valence-electron chi connectivity index (χ3n) is 7.06. The van der Waals surface area contributed by atoms with Crippen molar-refractivity contribution in [2.24, 2.45) is 4.99 Å². The van der Waals surface area contributed by atoms with Crippen LogP contribution in [0.25, 0.3) is 11.3 Å². The number of rotatable bonds is 9. The van der Waals surface area contributed by atoms with E-state index in [9.17, 15) is 9.59 Å². The molecule has 2 aromatic heterocycles. The maximum Gasteiger partial charge on any atom is 0.330 e. The minimum absolute atomic E-state index is 0.141. The first kappa shape index (κ1) is 27.9. The van der Waals surface area contributed by atoms with E-state index in [0.29, 0.717) is 66.7 Å². The Labute approximate surface area is 237 Å². The molecule has 11 heteroatoms. The van der Waals surface area contributed by atoms with E-state index in [4.69, 9.17) is 19.2 Å². The minimum Gasteiger partial charge on any atom is -0.493 e. The lowest BCUT2D eigenvalue weighted by atomic mass is 10.1. The maximum atomic E-state index is 14.1. The number of benzene rings is 2. The molecular formula is C30H34N6O5. The molecule has 0 aliphatic carbocycles. The number of aryl methyl sites for hydroxylation is 3. The third-order valence-corrected chi connectivity index (χ3v) is 7.06. The van der Waals surface area contributed by atoms with Crippen LogP contribution in [0.4, 0.5) is 5.69 Å². The second kappa shape index (κ2) is 11.8. The molecule has 3 heterocycles. The molecule has 1 aliphatic rings. The van der Waals surface area contributed by atoms with Crippen LogP contribution in [0.3, 0.4) is 0 Å². The number of methoxy groups -OCH3 is 1. The summed E-state index contributed by atoms with van der Waals surface area (Å²) in [5, 5.41) is 10.0. The van der Waals surface area contributed by atoms with Gasteiger partial charge in [-0.05, 0) is 51.3 Å². The van der Waals surface area contributed by atoms with Gasteiger partial charge in [0.1, 0.15) is 23.5 Å². The van der Waals surface area contributed by atoms with Crippen molar-refractivity contribution in [1.82, 2.24) is 24.5 Å². The molecule has 0 spiro atoms. The summed E-state index contributed by atoms with van der Waals surface area (Å²) in [4.78, 5) is 31.7. The first-order chi connectivity index (χ1) is 19.8. The van der Waals surface area contributed by atoms with Crippen molar-refractivity contribution in [2.75, 3.05) is 20.3 Å². The highest BCUT2D eigenvalue weighted by atomic mass is 16.5. The monoisotopic (exact) mass is 558 g/mol. The summed E-state index contributed by atoms with van der Waals surface area (Å²) in [5.41, 5.74) is 5.88. The lowest BCUT2D eigenvalue weighted by Gasteiger charge is -2.17. The molecule has 0 saturated carbocycles.